The second-order valence-corrected chi connectivity index (χ2v) is 9.38. The van der Waals surface area contributed by atoms with Gasteiger partial charge >= 0.3 is 0 Å². The SMILES string of the molecule is O=C(CN1CCC(NC(=O)C2CCCCC2)CC1)NCc1ccc(-c2ccc(Cl)cc2)o1. The Kier molecular flexibility index (Phi) is 7.87. The van der Waals surface area contributed by atoms with Crippen LogP contribution in [0.5, 0.6) is 0 Å². The molecule has 0 bridgehead atoms. The van der Waals surface area contributed by atoms with Gasteiger partial charge in [-0.15, -0.1) is 0 Å². The monoisotopic (exact) mass is 457 g/mol. The molecule has 0 radical (unpaired) electrons. The highest BCUT2D eigenvalue weighted by Crippen LogP contribution is 2.25. The van der Waals surface area contributed by atoms with Crippen LogP contribution in [0.15, 0.2) is 40.8 Å². The van der Waals surface area contributed by atoms with Gasteiger partial charge in [0.25, 0.3) is 0 Å². The molecule has 2 N–H and O–H groups in total. The number of hydrogen-bond acceptors (Lipinski definition) is 4. The normalized spacial score (nSPS) is 18.4. The van der Waals surface area contributed by atoms with Crippen molar-refractivity contribution in [1.29, 1.82) is 0 Å². The van der Waals surface area contributed by atoms with Crippen LogP contribution in [0.4, 0.5) is 0 Å². The number of nitrogens with one attached hydrogen (secondary N) is 2. The van der Waals surface area contributed by atoms with Gasteiger partial charge in [-0.1, -0.05) is 30.9 Å². The lowest BCUT2D eigenvalue weighted by Gasteiger charge is -2.33. The van der Waals surface area contributed by atoms with Gasteiger partial charge in [-0.05, 0) is 62.1 Å². The molecule has 1 saturated heterocycles. The number of amides is 2. The van der Waals surface area contributed by atoms with E-state index in [2.05, 4.69) is 15.5 Å². The zero-order chi connectivity index (χ0) is 22.3. The molecule has 1 aromatic carbocycles. The second kappa shape index (κ2) is 11.0. The molecule has 2 fully saturated rings. The summed E-state index contributed by atoms with van der Waals surface area (Å²) in [6.07, 6.45) is 7.46. The van der Waals surface area contributed by atoms with E-state index in [0.29, 0.717) is 23.9 Å². The second-order valence-electron chi connectivity index (χ2n) is 8.94. The van der Waals surface area contributed by atoms with Crippen LogP contribution in [-0.2, 0) is 16.1 Å². The Labute approximate surface area is 194 Å². The van der Waals surface area contributed by atoms with E-state index in [1.54, 1.807) is 0 Å². The Morgan fingerprint density at radius 2 is 1.69 bits per heavy atom. The van der Waals surface area contributed by atoms with Crippen molar-refractivity contribution in [3.63, 3.8) is 0 Å². The van der Waals surface area contributed by atoms with Gasteiger partial charge < -0.3 is 15.1 Å². The van der Waals surface area contributed by atoms with Crippen LogP contribution < -0.4 is 10.6 Å². The summed E-state index contributed by atoms with van der Waals surface area (Å²) in [7, 11) is 0. The van der Waals surface area contributed by atoms with Crippen LogP contribution in [0.2, 0.25) is 5.02 Å². The van der Waals surface area contributed by atoms with Crippen molar-refractivity contribution in [2.45, 2.75) is 57.5 Å². The van der Waals surface area contributed by atoms with Crippen LogP contribution in [-0.4, -0.2) is 42.4 Å². The fourth-order valence-corrected chi connectivity index (χ4v) is 4.73. The van der Waals surface area contributed by atoms with Crippen molar-refractivity contribution in [2.75, 3.05) is 19.6 Å². The average Bonchev–Trinajstić information content (AvgIpc) is 3.29. The van der Waals surface area contributed by atoms with Crippen molar-refractivity contribution in [1.82, 2.24) is 15.5 Å². The van der Waals surface area contributed by atoms with Crippen LogP contribution >= 0.6 is 11.6 Å². The fourth-order valence-electron chi connectivity index (χ4n) is 4.61. The van der Waals surface area contributed by atoms with Gasteiger partial charge in [-0.3, -0.25) is 14.5 Å². The summed E-state index contributed by atoms with van der Waals surface area (Å²) < 4.78 is 5.84. The van der Waals surface area contributed by atoms with Gasteiger partial charge in [0.05, 0.1) is 13.1 Å². The molecule has 1 aliphatic carbocycles. The van der Waals surface area contributed by atoms with Crippen LogP contribution in [0.25, 0.3) is 11.3 Å². The lowest BCUT2D eigenvalue weighted by atomic mass is 9.88. The lowest BCUT2D eigenvalue weighted by molar-refractivity contribution is -0.127. The number of carbonyl (C=O) groups is 2. The minimum absolute atomic E-state index is 0.0147. The highest BCUT2D eigenvalue weighted by atomic mass is 35.5. The minimum atomic E-state index is -0.0147. The molecule has 1 aromatic heterocycles. The predicted octanol–water partition coefficient (Wildman–Crippen LogP) is 4.38. The van der Waals surface area contributed by atoms with Crippen LogP contribution in [0.3, 0.4) is 0 Å². The van der Waals surface area contributed by atoms with Crippen molar-refractivity contribution in [2.24, 2.45) is 5.92 Å². The molecule has 32 heavy (non-hydrogen) atoms. The van der Waals surface area contributed by atoms with Crippen molar-refractivity contribution < 1.29 is 14.0 Å². The molecule has 6 nitrogen and oxygen atoms in total. The Morgan fingerprint density at radius 1 is 0.969 bits per heavy atom. The number of benzene rings is 1. The van der Waals surface area contributed by atoms with E-state index in [1.165, 1.54) is 19.3 Å². The fraction of sp³-hybridized carbons (Fsp3) is 0.520. The maximum Gasteiger partial charge on any atom is 0.234 e. The van der Waals surface area contributed by atoms with Crippen molar-refractivity contribution in [3.05, 3.63) is 47.2 Å². The molecule has 2 aromatic rings. The molecule has 2 heterocycles. The first kappa shape index (κ1) is 22.9. The Morgan fingerprint density at radius 3 is 2.41 bits per heavy atom. The first-order valence-corrected chi connectivity index (χ1v) is 12.1. The molecule has 2 aliphatic rings. The summed E-state index contributed by atoms with van der Waals surface area (Å²) in [5.74, 6) is 1.89. The Bertz CT molecular complexity index is 897. The summed E-state index contributed by atoms with van der Waals surface area (Å²) in [5.41, 5.74) is 0.949. The zero-order valence-electron chi connectivity index (χ0n) is 18.4. The van der Waals surface area contributed by atoms with E-state index in [-0.39, 0.29) is 23.8 Å². The van der Waals surface area contributed by atoms with Crippen molar-refractivity contribution >= 4 is 23.4 Å². The van der Waals surface area contributed by atoms with Gasteiger partial charge in [0.15, 0.2) is 0 Å². The molecule has 2 amide bonds. The molecule has 0 unspecified atom stereocenters. The smallest absolute Gasteiger partial charge is 0.234 e. The molecular formula is C25H32ClN3O3. The number of hydrogen-bond donors (Lipinski definition) is 2. The lowest BCUT2D eigenvalue weighted by Crippen LogP contribution is -2.48. The third-order valence-corrected chi connectivity index (χ3v) is 6.78. The molecular weight excluding hydrogens is 426 g/mol. The van der Waals surface area contributed by atoms with Gasteiger partial charge in [-0.2, -0.15) is 0 Å². The number of furan rings is 1. The summed E-state index contributed by atoms with van der Waals surface area (Å²) >= 11 is 5.93. The minimum Gasteiger partial charge on any atom is -0.459 e. The van der Waals surface area contributed by atoms with Crippen molar-refractivity contribution in [3.8, 4) is 11.3 Å². The maximum absolute atomic E-state index is 12.4. The summed E-state index contributed by atoms with van der Waals surface area (Å²) in [5, 5.41) is 6.87. The van der Waals surface area contributed by atoms with E-state index in [9.17, 15) is 9.59 Å². The third-order valence-electron chi connectivity index (χ3n) is 6.53. The van der Waals surface area contributed by atoms with E-state index in [0.717, 1.165) is 50.1 Å². The maximum atomic E-state index is 12.4. The Balaban J connectivity index is 1.15. The van der Waals surface area contributed by atoms with Gasteiger partial charge in [0.2, 0.25) is 11.8 Å². The summed E-state index contributed by atoms with van der Waals surface area (Å²) in [6, 6.07) is 11.5. The molecule has 0 atom stereocenters. The van der Waals surface area contributed by atoms with Gasteiger partial charge in [-0.25, -0.2) is 0 Å². The number of nitrogens with zero attached hydrogens (tertiary/aromatic N) is 1. The van der Waals surface area contributed by atoms with Gasteiger partial charge in [0.1, 0.15) is 11.5 Å². The van der Waals surface area contributed by atoms with E-state index >= 15 is 0 Å². The number of likely N-dealkylation sites (tertiary alicyclic amines) is 1. The zero-order valence-corrected chi connectivity index (χ0v) is 19.2. The largest absolute Gasteiger partial charge is 0.459 e. The highest BCUT2D eigenvalue weighted by molar-refractivity contribution is 6.30. The molecule has 1 aliphatic heterocycles. The third kappa shape index (κ3) is 6.36. The van der Waals surface area contributed by atoms with Crippen LogP contribution in [0.1, 0.15) is 50.7 Å². The first-order valence-electron chi connectivity index (χ1n) is 11.7. The molecule has 1 saturated carbocycles. The number of halogens is 1. The predicted molar refractivity (Wildman–Crippen MR) is 125 cm³/mol. The summed E-state index contributed by atoms with van der Waals surface area (Å²) in [6.45, 7) is 2.38. The molecule has 0 spiro atoms. The Hall–Kier alpha value is -2.31. The standard InChI is InChI=1S/C25H32ClN3O3/c26-20-8-6-18(7-9-20)23-11-10-22(32-23)16-27-24(30)17-29-14-12-21(13-15-29)28-25(31)19-4-2-1-3-5-19/h6-11,19,21H,1-5,12-17H2,(H,27,30)(H,28,31). The number of rotatable bonds is 7. The number of piperidine rings is 1. The summed E-state index contributed by atoms with van der Waals surface area (Å²) in [4.78, 5) is 27.0. The van der Waals surface area contributed by atoms with E-state index in [1.807, 2.05) is 36.4 Å². The highest BCUT2D eigenvalue weighted by Gasteiger charge is 2.26. The van der Waals surface area contributed by atoms with E-state index in [4.69, 9.17) is 16.0 Å². The number of carbonyl (C=O) groups excluding carboxylic acids is 2. The molecule has 7 heteroatoms. The first-order chi connectivity index (χ1) is 15.6. The molecule has 172 valence electrons. The quantitative estimate of drug-likeness (QED) is 0.647. The van der Waals surface area contributed by atoms with Gasteiger partial charge in [0, 0.05) is 35.6 Å². The topological polar surface area (TPSA) is 74.6 Å². The average molecular weight is 458 g/mol. The van der Waals surface area contributed by atoms with E-state index < -0.39 is 0 Å². The van der Waals surface area contributed by atoms with Crippen LogP contribution in [0, 0.1) is 5.92 Å². The molecule has 4 rings (SSSR count).